The third kappa shape index (κ3) is 4.10. The molecule has 0 atom stereocenters. The van der Waals surface area contributed by atoms with Crippen LogP contribution in [0, 0.1) is 6.92 Å². The SMILES string of the molecule is COc1cc(Cl)c(C)cc1Nc1cc(C(=O)Nc2ccccc2)ncn1. The predicted octanol–water partition coefficient (Wildman–Crippen LogP) is 4.44. The number of nitrogens with one attached hydrogen (secondary N) is 2. The first kappa shape index (κ1) is 17.7. The minimum atomic E-state index is -0.319. The molecule has 132 valence electrons. The van der Waals surface area contributed by atoms with E-state index in [1.165, 1.54) is 6.33 Å². The maximum atomic E-state index is 12.4. The fourth-order valence-corrected chi connectivity index (χ4v) is 2.49. The number of hydrogen-bond acceptors (Lipinski definition) is 5. The maximum Gasteiger partial charge on any atom is 0.274 e. The molecule has 0 aliphatic heterocycles. The Morgan fingerprint density at radius 2 is 1.88 bits per heavy atom. The summed E-state index contributed by atoms with van der Waals surface area (Å²) >= 11 is 6.13. The summed E-state index contributed by atoms with van der Waals surface area (Å²) in [6.45, 7) is 1.89. The van der Waals surface area contributed by atoms with Crippen LogP contribution in [0.25, 0.3) is 0 Å². The van der Waals surface area contributed by atoms with Gasteiger partial charge in [-0.05, 0) is 30.7 Å². The normalized spacial score (nSPS) is 10.3. The molecule has 3 rings (SSSR count). The third-order valence-electron chi connectivity index (χ3n) is 3.67. The molecular formula is C19H17ClN4O2. The molecular weight excluding hydrogens is 352 g/mol. The molecule has 7 heteroatoms. The summed E-state index contributed by atoms with van der Waals surface area (Å²) in [5, 5.41) is 6.53. The number of anilines is 3. The first-order chi connectivity index (χ1) is 12.6. The number of para-hydroxylation sites is 1. The number of rotatable bonds is 5. The zero-order valence-corrected chi connectivity index (χ0v) is 15.0. The van der Waals surface area contributed by atoms with E-state index < -0.39 is 0 Å². The Hall–Kier alpha value is -3.12. The van der Waals surface area contributed by atoms with Gasteiger partial charge in [0.05, 0.1) is 12.8 Å². The zero-order valence-electron chi connectivity index (χ0n) is 14.3. The number of aryl methyl sites for hydroxylation is 1. The number of nitrogens with zero attached hydrogens (tertiary/aromatic N) is 2. The molecule has 1 amide bonds. The molecule has 0 bridgehead atoms. The highest BCUT2D eigenvalue weighted by Gasteiger charge is 2.12. The van der Waals surface area contributed by atoms with Crippen LogP contribution >= 0.6 is 11.6 Å². The van der Waals surface area contributed by atoms with Gasteiger partial charge in [-0.15, -0.1) is 0 Å². The second-order valence-electron chi connectivity index (χ2n) is 5.54. The summed E-state index contributed by atoms with van der Waals surface area (Å²) in [6, 6.07) is 14.3. The molecule has 3 aromatic rings. The van der Waals surface area contributed by atoms with Crippen molar-refractivity contribution in [3.8, 4) is 5.75 Å². The summed E-state index contributed by atoms with van der Waals surface area (Å²) in [4.78, 5) is 20.6. The monoisotopic (exact) mass is 368 g/mol. The molecule has 0 radical (unpaired) electrons. The molecule has 2 N–H and O–H groups in total. The lowest BCUT2D eigenvalue weighted by Gasteiger charge is -2.13. The first-order valence-electron chi connectivity index (χ1n) is 7.86. The van der Waals surface area contributed by atoms with Gasteiger partial charge in [0.25, 0.3) is 5.91 Å². The van der Waals surface area contributed by atoms with Crippen LogP contribution in [0.5, 0.6) is 5.75 Å². The fraction of sp³-hybridized carbons (Fsp3) is 0.105. The highest BCUT2D eigenvalue weighted by molar-refractivity contribution is 6.31. The Labute approximate surface area is 156 Å². The van der Waals surface area contributed by atoms with E-state index in [1.807, 2.05) is 31.2 Å². The quantitative estimate of drug-likeness (QED) is 0.696. The van der Waals surface area contributed by atoms with Gasteiger partial charge in [0, 0.05) is 22.8 Å². The van der Waals surface area contributed by atoms with Gasteiger partial charge in [0.1, 0.15) is 23.6 Å². The van der Waals surface area contributed by atoms with Crippen LogP contribution < -0.4 is 15.4 Å². The van der Waals surface area contributed by atoms with Crippen LogP contribution in [0.1, 0.15) is 16.1 Å². The number of amides is 1. The minimum Gasteiger partial charge on any atom is -0.495 e. The first-order valence-corrected chi connectivity index (χ1v) is 8.24. The second-order valence-corrected chi connectivity index (χ2v) is 5.94. The summed E-state index contributed by atoms with van der Waals surface area (Å²) in [5.74, 6) is 0.730. The number of methoxy groups -OCH3 is 1. The number of halogens is 1. The molecule has 1 aromatic heterocycles. The summed E-state index contributed by atoms with van der Waals surface area (Å²) in [6.07, 6.45) is 1.33. The van der Waals surface area contributed by atoms with Crippen LogP contribution in [0.15, 0.2) is 54.9 Å². The Kier molecular flexibility index (Phi) is 5.34. The minimum absolute atomic E-state index is 0.246. The Balaban J connectivity index is 1.82. The molecule has 6 nitrogen and oxygen atoms in total. The number of carbonyl (C=O) groups is 1. The van der Waals surface area contributed by atoms with Gasteiger partial charge < -0.3 is 15.4 Å². The van der Waals surface area contributed by atoms with E-state index in [-0.39, 0.29) is 11.6 Å². The summed E-state index contributed by atoms with van der Waals surface area (Å²) in [7, 11) is 1.56. The Bertz CT molecular complexity index is 932. The van der Waals surface area contributed by atoms with E-state index in [0.29, 0.717) is 28.0 Å². The van der Waals surface area contributed by atoms with Crippen LogP contribution in [-0.2, 0) is 0 Å². The molecule has 0 saturated carbocycles. The lowest BCUT2D eigenvalue weighted by molar-refractivity contribution is 0.102. The average Bonchev–Trinajstić information content (AvgIpc) is 2.65. The van der Waals surface area contributed by atoms with Crippen molar-refractivity contribution in [3.05, 3.63) is 71.1 Å². The standard InChI is InChI=1S/C19H17ClN4O2/c1-12-8-15(17(26-2)9-14(12)20)24-18-10-16(21-11-22-18)19(25)23-13-6-4-3-5-7-13/h3-11H,1-2H3,(H,23,25)(H,21,22,24). The molecule has 0 saturated heterocycles. The van der Waals surface area contributed by atoms with Crippen LogP contribution in [0.2, 0.25) is 5.02 Å². The van der Waals surface area contributed by atoms with Gasteiger partial charge in [-0.3, -0.25) is 4.79 Å². The highest BCUT2D eigenvalue weighted by Crippen LogP contribution is 2.32. The molecule has 26 heavy (non-hydrogen) atoms. The van der Waals surface area contributed by atoms with Gasteiger partial charge in [0.2, 0.25) is 0 Å². The Morgan fingerprint density at radius 1 is 1.12 bits per heavy atom. The lowest BCUT2D eigenvalue weighted by Crippen LogP contribution is -2.14. The van der Waals surface area contributed by atoms with Crippen LogP contribution in [0.4, 0.5) is 17.2 Å². The smallest absolute Gasteiger partial charge is 0.274 e. The van der Waals surface area contributed by atoms with Crippen LogP contribution in [-0.4, -0.2) is 23.0 Å². The van der Waals surface area contributed by atoms with E-state index >= 15 is 0 Å². The van der Waals surface area contributed by atoms with Gasteiger partial charge in [-0.25, -0.2) is 9.97 Å². The molecule has 0 unspecified atom stereocenters. The zero-order chi connectivity index (χ0) is 18.5. The molecule has 2 aromatic carbocycles. The molecule has 0 fully saturated rings. The third-order valence-corrected chi connectivity index (χ3v) is 4.08. The van der Waals surface area contributed by atoms with Crippen molar-refractivity contribution in [2.75, 3.05) is 17.7 Å². The van der Waals surface area contributed by atoms with Crippen LogP contribution in [0.3, 0.4) is 0 Å². The Morgan fingerprint density at radius 3 is 2.62 bits per heavy atom. The largest absolute Gasteiger partial charge is 0.495 e. The number of carbonyl (C=O) groups excluding carboxylic acids is 1. The molecule has 1 heterocycles. The molecule has 0 spiro atoms. The van der Waals surface area contributed by atoms with Gasteiger partial charge in [0.15, 0.2) is 0 Å². The average molecular weight is 369 g/mol. The van der Waals surface area contributed by atoms with Crippen molar-refractivity contribution in [1.29, 1.82) is 0 Å². The van der Waals surface area contributed by atoms with Gasteiger partial charge in [-0.1, -0.05) is 29.8 Å². The van der Waals surface area contributed by atoms with E-state index in [0.717, 1.165) is 5.56 Å². The van der Waals surface area contributed by atoms with Crippen molar-refractivity contribution in [2.24, 2.45) is 0 Å². The van der Waals surface area contributed by atoms with Crippen molar-refractivity contribution >= 4 is 34.7 Å². The number of hydrogen-bond donors (Lipinski definition) is 2. The summed E-state index contributed by atoms with van der Waals surface area (Å²) < 4.78 is 5.34. The van der Waals surface area contributed by atoms with Crippen molar-refractivity contribution < 1.29 is 9.53 Å². The lowest BCUT2D eigenvalue weighted by atomic mass is 10.2. The predicted molar refractivity (Wildman–Crippen MR) is 102 cm³/mol. The highest BCUT2D eigenvalue weighted by atomic mass is 35.5. The van der Waals surface area contributed by atoms with E-state index in [1.54, 1.807) is 31.4 Å². The topological polar surface area (TPSA) is 76.1 Å². The van der Waals surface area contributed by atoms with Gasteiger partial charge in [-0.2, -0.15) is 0 Å². The van der Waals surface area contributed by atoms with E-state index in [2.05, 4.69) is 20.6 Å². The fourth-order valence-electron chi connectivity index (χ4n) is 2.33. The molecule has 0 aliphatic carbocycles. The number of aromatic nitrogens is 2. The van der Waals surface area contributed by atoms with Crippen molar-refractivity contribution in [1.82, 2.24) is 9.97 Å². The maximum absolute atomic E-state index is 12.4. The molecule has 0 aliphatic rings. The summed E-state index contributed by atoms with van der Waals surface area (Å²) in [5.41, 5.74) is 2.53. The van der Waals surface area contributed by atoms with Crippen molar-refractivity contribution in [2.45, 2.75) is 6.92 Å². The number of benzene rings is 2. The van der Waals surface area contributed by atoms with Crippen molar-refractivity contribution in [3.63, 3.8) is 0 Å². The van der Waals surface area contributed by atoms with E-state index in [9.17, 15) is 4.79 Å². The van der Waals surface area contributed by atoms with E-state index in [4.69, 9.17) is 16.3 Å². The second kappa shape index (κ2) is 7.84. The number of ether oxygens (including phenoxy) is 1. The van der Waals surface area contributed by atoms with Gasteiger partial charge >= 0.3 is 0 Å².